The summed E-state index contributed by atoms with van der Waals surface area (Å²) >= 11 is 6.16. The third-order valence-corrected chi connectivity index (χ3v) is 6.02. The fourth-order valence-corrected chi connectivity index (χ4v) is 4.05. The Balaban J connectivity index is 1.45. The number of benzene rings is 1. The molecule has 1 amide bonds. The number of halogens is 1. The second-order valence-electron chi connectivity index (χ2n) is 7.47. The minimum atomic E-state index is -0.315. The normalized spacial score (nSPS) is 19.3. The van der Waals surface area contributed by atoms with Gasteiger partial charge in [-0.05, 0) is 24.5 Å². The summed E-state index contributed by atoms with van der Waals surface area (Å²) in [7, 11) is 2.02. The number of ether oxygens (including phenoxy) is 1. The van der Waals surface area contributed by atoms with Crippen molar-refractivity contribution in [2.24, 2.45) is 5.92 Å². The summed E-state index contributed by atoms with van der Waals surface area (Å²) in [5.74, 6) is 1.27. The number of likely N-dealkylation sites (tertiary alicyclic amines) is 1. The number of hydrogen-bond donors (Lipinski definition) is 1. The number of amides is 1. The van der Waals surface area contributed by atoms with Crippen LogP contribution in [-0.2, 0) is 11.3 Å². The number of carbonyl (C=O) groups excluding carboxylic acids is 1. The lowest BCUT2D eigenvalue weighted by molar-refractivity contribution is 0.0782. The van der Waals surface area contributed by atoms with Crippen molar-refractivity contribution in [3.8, 4) is 0 Å². The average molecular weight is 414 g/mol. The molecule has 2 aromatic heterocycles. The fraction of sp³-hybridized carbons (Fsp3) is 0.381. The molecule has 1 fully saturated rings. The monoisotopic (exact) mass is 413 g/mol. The van der Waals surface area contributed by atoms with Gasteiger partial charge < -0.3 is 19.5 Å². The highest BCUT2D eigenvalue weighted by atomic mass is 35.5. The number of likely N-dealkylation sites (N-methyl/N-ethyl adjacent to an activating group) is 1. The van der Waals surface area contributed by atoms with Crippen molar-refractivity contribution in [2.75, 3.05) is 25.0 Å². The first-order valence-corrected chi connectivity index (χ1v) is 10.1. The van der Waals surface area contributed by atoms with Crippen molar-refractivity contribution in [1.29, 1.82) is 0 Å². The smallest absolute Gasteiger partial charge is 0.410 e. The predicted octanol–water partition coefficient (Wildman–Crippen LogP) is 4.09. The SMILES string of the molecule is CC1CCN(C(=O)OCc2ccccc2Cl)CC1N(C)c1ncnc2[nH]ccc12. The Labute approximate surface area is 174 Å². The standard InChI is InChI=1S/C21H24ClN5O2/c1-14-8-10-27(21(28)29-12-15-5-3-4-6-17(15)22)11-18(14)26(2)20-16-7-9-23-19(16)24-13-25-20/h3-7,9,13-14,18H,8,10-12H2,1-2H3,(H,23,24,25). The first-order chi connectivity index (χ1) is 14.0. The van der Waals surface area contributed by atoms with Crippen LogP contribution in [0.1, 0.15) is 18.9 Å². The number of nitrogens with zero attached hydrogens (tertiary/aromatic N) is 4. The van der Waals surface area contributed by atoms with Crippen molar-refractivity contribution in [2.45, 2.75) is 26.0 Å². The van der Waals surface area contributed by atoms with E-state index in [0.717, 1.165) is 28.8 Å². The maximum atomic E-state index is 12.7. The van der Waals surface area contributed by atoms with Gasteiger partial charge in [-0.15, -0.1) is 0 Å². The molecule has 0 spiro atoms. The van der Waals surface area contributed by atoms with E-state index in [4.69, 9.17) is 16.3 Å². The second kappa shape index (κ2) is 8.29. The van der Waals surface area contributed by atoms with Crippen LogP contribution in [0.4, 0.5) is 10.6 Å². The van der Waals surface area contributed by atoms with Crippen molar-refractivity contribution in [3.05, 3.63) is 53.4 Å². The number of piperidine rings is 1. The molecule has 3 aromatic rings. The van der Waals surface area contributed by atoms with Gasteiger partial charge in [0.1, 0.15) is 24.4 Å². The third-order valence-electron chi connectivity index (χ3n) is 5.65. The van der Waals surface area contributed by atoms with E-state index in [0.29, 0.717) is 24.0 Å². The van der Waals surface area contributed by atoms with Crippen LogP contribution in [0.15, 0.2) is 42.9 Å². The molecule has 1 aliphatic rings. The molecule has 1 aromatic carbocycles. The molecule has 8 heteroatoms. The quantitative estimate of drug-likeness (QED) is 0.697. The van der Waals surface area contributed by atoms with Crippen LogP contribution in [0.2, 0.25) is 5.02 Å². The maximum Gasteiger partial charge on any atom is 0.410 e. The van der Waals surface area contributed by atoms with Crippen LogP contribution in [-0.4, -0.2) is 52.1 Å². The zero-order chi connectivity index (χ0) is 20.4. The van der Waals surface area contributed by atoms with E-state index in [1.807, 2.05) is 37.5 Å². The number of anilines is 1. The van der Waals surface area contributed by atoms with Gasteiger partial charge in [0, 0.05) is 36.9 Å². The molecule has 0 saturated carbocycles. The van der Waals surface area contributed by atoms with Crippen LogP contribution < -0.4 is 4.90 Å². The predicted molar refractivity (Wildman–Crippen MR) is 113 cm³/mol. The Bertz CT molecular complexity index is 1010. The lowest BCUT2D eigenvalue weighted by Crippen LogP contribution is -2.53. The Hall–Kier alpha value is -2.80. The largest absolute Gasteiger partial charge is 0.444 e. The van der Waals surface area contributed by atoms with Crippen LogP contribution in [0, 0.1) is 5.92 Å². The molecule has 2 unspecified atom stereocenters. The van der Waals surface area contributed by atoms with Crippen molar-refractivity contribution in [3.63, 3.8) is 0 Å². The van der Waals surface area contributed by atoms with Gasteiger partial charge in [0.05, 0.1) is 11.4 Å². The first-order valence-electron chi connectivity index (χ1n) is 9.70. The number of carbonyl (C=O) groups is 1. The average Bonchev–Trinajstić information content (AvgIpc) is 3.22. The Morgan fingerprint density at radius 1 is 1.34 bits per heavy atom. The van der Waals surface area contributed by atoms with E-state index in [1.165, 1.54) is 0 Å². The summed E-state index contributed by atoms with van der Waals surface area (Å²) in [5, 5.41) is 1.57. The molecule has 152 valence electrons. The van der Waals surface area contributed by atoms with Gasteiger partial charge >= 0.3 is 6.09 Å². The fourth-order valence-electron chi connectivity index (χ4n) is 3.86. The summed E-state index contributed by atoms with van der Waals surface area (Å²) in [6.07, 6.45) is 4.01. The van der Waals surface area contributed by atoms with E-state index in [1.54, 1.807) is 17.3 Å². The molecule has 1 saturated heterocycles. The number of nitrogens with one attached hydrogen (secondary N) is 1. The van der Waals surface area contributed by atoms with Gasteiger partial charge in [0.2, 0.25) is 0 Å². The van der Waals surface area contributed by atoms with Gasteiger partial charge in [0.25, 0.3) is 0 Å². The van der Waals surface area contributed by atoms with E-state index in [9.17, 15) is 4.79 Å². The molecular formula is C21H24ClN5O2. The Morgan fingerprint density at radius 3 is 3.00 bits per heavy atom. The van der Waals surface area contributed by atoms with Crippen molar-refractivity contribution < 1.29 is 9.53 Å². The molecule has 0 aliphatic carbocycles. The number of hydrogen-bond acceptors (Lipinski definition) is 5. The minimum absolute atomic E-state index is 0.129. The highest BCUT2D eigenvalue weighted by molar-refractivity contribution is 6.31. The molecule has 1 aliphatic heterocycles. The second-order valence-corrected chi connectivity index (χ2v) is 7.88. The topological polar surface area (TPSA) is 74.3 Å². The van der Waals surface area contributed by atoms with Gasteiger partial charge in [0.15, 0.2) is 0 Å². The van der Waals surface area contributed by atoms with Crippen molar-refractivity contribution in [1.82, 2.24) is 19.9 Å². The van der Waals surface area contributed by atoms with Gasteiger partial charge in [-0.1, -0.05) is 36.7 Å². The van der Waals surface area contributed by atoms with Gasteiger partial charge in [-0.3, -0.25) is 0 Å². The highest BCUT2D eigenvalue weighted by Gasteiger charge is 2.33. The molecule has 1 N–H and O–H groups in total. The summed E-state index contributed by atoms with van der Waals surface area (Å²) in [4.78, 5) is 28.5. The van der Waals surface area contributed by atoms with Gasteiger partial charge in [-0.2, -0.15) is 0 Å². The Kier molecular flexibility index (Phi) is 5.58. The van der Waals surface area contributed by atoms with Crippen molar-refractivity contribution >= 4 is 34.5 Å². The summed E-state index contributed by atoms with van der Waals surface area (Å²) in [5.41, 5.74) is 1.61. The van der Waals surface area contributed by atoms with E-state index in [-0.39, 0.29) is 18.7 Å². The lowest BCUT2D eigenvalue weighted by atomic mass is 9.92. The molecule has 7 nitrogen and oxygen atoms in total. The first kappa shape index (κ1) is 19.5. The Morgan fingerprint density at radius 2 is 2.17 bits per heavy atom. The molecule has 0 bridgehead atoms. The van der Waals surface area contributed by atoms with E-state index >= 15 is 0 Å². The summed E-state index contributed by atoms with van der Waals surface area (Å²) in [6, 6.07) is 9.50. The number of aromatic amines is 1. The number of rotatable bonds is 4. The molecule has 3 heterocycles. The molecule has 29 heavy (non-hydrogen) atoms. The number of fused-ring (bicyclic) bond motifs is 1. The van der Waals surface area contributed by atoms with E-state index < -0.39 is 0 Å². The maximum absolute atomic E-state index is 12.7. The molecule has 0 radical (unpaired) electrons. The summed E-state index contributed by atoms with van der Waals surface area (Å²) < 4.78 is 5.53. The van der Waals surface area contributed by atoms with Crippen LogP contribution in [0.5, 0.6) is 0 Å². The zero-order valence-corrected chi connectivity index (χ0v) is 17.3. The third kappa shape index (κ3) is 4.00. The van der Waals surface area contributed by atoms with Crippen LogP contribution in [0.3, 0.4) is 0 Å². The molecular weight excluding hydrogens is 390 g/mol. The summed E-state index contributed by atoms with van der Waals surface area (Å²) in [6.45, 7) is 3.63. The molecule has 4 rings (SSSR count). The van der Waals surface area contributed by atoms with E-state index in [2.05, 4.69) is 26.8 Å². The van der Waals surface area contributed by atoms with Gasteiger partial charge in [-0.25, -0.2) is 14.8 Å². The van der Waals surface area contributed by atoms with Crippen LogP contribution >= 0.6 is 11.6 Å². The lowest BCUT2D eigenvalue weighted by Gasteiger charge is -2.41. The zero-order valence-electron chi connectivity index (χ0n) is 16.5. The highest BCUT2D eigenvalue weighted by Crippen LogP contribution is 2.29. The minimum Gasteiger partial charge on any atom is -0.444 e. The number of H-pyrrole nitrogens is 1. The van der Waals surface area contributed by atoms with Crippen LogP contribution in [0.25, 0.3) is 11.0 Å². The number of aromatic nitrogens is 3. The molecule has 2 atom stereocenters.